The summed E-state index contributed by atoms with van der Waals surface area (Å²) in [6.45, 7) is 5.16. The average Bonchev–Trinajstić information content (AvgIpc) is 2.25. The molecule has 0 aliphatic carbocycles. The Bertz CT molecular complexity index is 407. The van der Waals surface area contributed by atoms with Gasteiger partial charge in [-0.15, -0.1) is 0 Å². The zero-order valence-electron chi connectivity index (χ0n) is 10.5. The highest BCUT2D eigenvalue weighted by atomic mass is 35.5. The Morgan fingerprint density at radius 1 is 1.50 bits per heavy atom. The van der Waals surface area contributed by atoms with Crippen molar-refractivity contribution in [2.45, 2.75) is 39.0 Å². The summed E-state index contributed by atoms with van der Waals surface area (Å²) in [6, 6.07) is 8.54. The van der Waals surface area contributed by atoms with E-state index in [9.17, 15) is 9.90 Å². The van der Waals surface area contributed by atoms with Crippen molar-refractivity contribution in [1.82, 2.24) is 5.32 Å². The lowest BCUT2D eigenvalue weighted by Crippen LogP contribution is -2.34. The Kier molecular flexibility index (Phi) is 5.26. The van der Waals surface area contributed by atoms with Crippen LogP contribution in [0.1, 0.15) is 32.4 Å². The van der Waals surface area contributed by atoms with Crippen molar-refractivity contribution in [3.63, 3.8) is 0 Å². The second kappa shape index (κ2) is 6.48. The number of aliphatic hydroxyl groups excluding tert-OH is 1. The molecule has 0 fully saturated rings. The quantitative estimate of drug-likeness (QED) is 0.883. The second-order valence-corrected chi connectivity index (χ2v) is 4.62. The molecule has 0 heterocycles. The Morgan fingerprint density at radius 2 is 2.17 bits per heavy atom. The molecule has 0 saturated heterocycles. The lowest BCUT2D eigenvalue weighted by Gasteiger charge is -2.22. The molecule has 1 aromatic carbocycles. The van der Waals surface area contributed by atoms with Gasteiger partial charge in [0.1, 0.15) is 0 Å². The fraction of sp³-hybridized carbons (Fsp3) is 0.462. The maximum absolute atomic E-state index is 11.5. The molecule has 0 bridgehead atoms. The molecule has 0 radical (unpaired) electrons. The summed E-state index contributed by atoms with van der Waals surface area (Å²) in [6.07, 6.45) is -2.31. The summed E-state index contributed by atoms with van der Waals surface area (Å²) in [5, 5.41) is 12.5. The third-order valence-corrected chi connectivity index (χ3v) is 2.48. The minimum absolute atomic E-state index is 0.0432. The summed E-state index contributed by atoms with van der Waals surface area (Å²) in [5.74, 6) is 0. The van der Waals surface area contributed by atoms with Gasteiger partial charge >= 0.3 is 6.09 Å². The number of carbonyl (C=O) groups is 1. The van der Waals surface area contributed by atoms with E-state index in [4.69, 9.17) is 16.3 Å². The Labute approximate surface area is 112 Å². The topological polar surface area (TPSA) is 58.6 Å². The molecular weight excluding hydrogens is 254 g/mol. The lowest BCUT2D eigenvalue weighted by molar-refractivity contribution is 0.00996. The predicted octanol–water partition coefficient (Wildman–Crippen LogP) is 2.50. The Morgan fingerprint density at radius 3 is 2.67 bits per heavy atom. The van der Waals surface area contributed by atoms with Gasteiger partial charge in [-0.25, -0.2) is 4.79 Å². The Hall–Kier alpha value is -1.44. The summed E-state index contributed by atoms with van der Waals surface area (Å²) in [5.41, 5.74) is 0.504. The standard InChI is InChI=1S/C13H16ClNO3/c1-8(2)15-13(17)18-12(9(3)16)10-6-4-5-7-11(10)14/h4,6,8-9,12,16H,1-3H3,(H,15,17). The van der Waals surface area contributed by atoms with Gasteiger partial charge in [0, 0.05) is 11.6 Å². The number of hydrogen-bond donors (Lipinski definition) is 2. The van der Waals surface area contributed by atoms with Crippen molar-refractivity contribution in [3.8, 4) is 0 Å². The maximum Gasteiger partial charge on any atom is 0.408 e. The Balaban J connectivity index is 2.84. The van der Waals surface area contributed by atoms with Crippen LogP contribution >= 0.6 is 11.6 Å². The molecule has 1 amide bonds. The first kappa shape index (κ1) is 14.6. The van der Waals surface area contributed by atoms with E-state index in [1.165, 1.54) is 6.92 Å². The molecule has 1 rings (SSSR count). The van der Waals surface area contributed by atoms with E-state index in [-0.39, 0.29) is 11.1 Å². The normalized spacial score (nSPS) is 13.7. The fourth-order valence-corrected chi connectivity index (χ4v) is 1.63. The van der Waals surface area contributed by atoms with Crippen molar-refractivity contribution < 1.29 is 14.6 Å². The monoisotopic (exact) mass is 269 g/mol. The highest BCUT2D eigenvalue weighted by Gasteiger charge is 2.24. The van der Waals surface area contributed by atoms with E-state index in [2.05, 4.69) is 17.4 Å². The van der Waals surface area contributed by atoms with Crippen LogP contribution < -0.4 is 5.32 Å². The molecule has 5 heteroatoms. The third kappa shape index (κ3) is 4.10. The van der Waals surface area contributed by atoms with E-state index < -0.39 is 18.3 Å². The largest absolute Gasteiger partial charge is 0.439 e. The number of nitrogens with one attached hydrogen (secondary N) is 1. The van der Waals surface area contributed by atoms with Crippen molar-refractivity contribution in [2.24, 2.45) is 0 Å². The first-order valence-corrected chi connectivity index (χ1v) is 6.02. The van der Waals surface area contributed by atoms with Crippen LogP contribution in [0, 0.1) is 12.1 Å². The van der Waals surface area contributed by atoms with Gasteiger partial charge in [0.15, 0.2) is 6.10 Å². The molecule has 2 atom stereocenters. The number of hydrogen-bond acceptors (Lipinski definition) is 3. The summed E-state index contributed by atoms with van der Waals surface area (Å²) in [7, 11) is 0. The highest BCUT2D eigenvalue weighted by molar-refractivity contribution is 6.31. The zero-order valence-corrected chi connectivity index (χ0v) is 11.3. The fourth-order valence-electron chi connectivity index (χ4n) is 1.41. The molecule has 0 aromatic heterocycles. The van der Waals surface area contributed by atoms with Gasteiger partial charge in [-0.3, -0.25) is 0 Å². The first-order valence-electron chi connectivity index (χ1n) is 5.64. The van der Waals surface area contributed by atoms with E-state index in [1.807, 2.05) is 13.8 Å². The lowest BCUT2D eigenvalue weighted by atomic mass is 10.1. The van der Waals surface area contributed by atoms with E-state index in [0.29, 0.717) is 5.56 Å². The molecule has 98 valence electrons. The van der Waals surface area contributed by atoms with Gasteiger partial charge in [-0.1, -0.05) is 17.7 Å². The molecular formula is C13H16ClNO3. The molecule has 2 unspecified atom stereocenters. The second-order valence-electron chi connectivity index (χ2n) is 4.24. The van der Waals surface area contributed by atoms with Crippen molar-refractivity contribution in [2.75, 3.05) is 0 Å². The molecule has 4 nitrogen and oxygen atoms in total. The van der Waals surface area contributed by atoms with Crippen LogP contribution in [0.5, 0.6) is 0 Å². The van der Waals surface area contributed by atoms with Crippen LogP contribution in [0.4, 0.5) is 4.79 Å². The number of alkyl carbamates (subject to hydrolysis) is 1. The highest BCUT2D eigenvalue weighted by Crippen LogP contribution is 2.26. The summed E-state index contributed by atoms with van der Waals surface area (Å²) < 4.78 is 5.17. The van der Waals surface area contributed by atoms with Crippen LogP contribution in [0.3, 0.4) is 0 Å². The van der Waals surface area contributed by atoms with E-state index in [0.717, 1.165) is 0 Å². The van der Waals surface area contributed by atoms with Crippen LogP contribution in [0.2, 0.25) is 5.02 Å². The first-order chi connectivity index (χ1) is 8.41. The minimum Gasteiger partial charge on any atom is -0.439 e. The maximum atomic E-state index is 11.5. The van der Waals surface area contributed by atoms with Crippen molar-refractivity contribution in [1.29, 1.82) is 0 Å². The van der Waals surface area contributed by atoms with Crippen molar-refractivity contribution >= 4 is 17.7 Å². The van der Waals surface area contributed by atoms with Crippen LogP contribution in [0.25, 0.3) is 0 Å². The zero-order chi connectivity index (χ0) is 13.7. The average molecular weight is 270 g/mol. The molecule has 0 aliphatic rings. The van der Waals surface area contributed by atoms with Crippen LogP contribution in [-0.4, -0.2) is 23.3 Å². The summed E-state index contributed by atoms with van der Waals surface area (Å²) in [4.78, 5) is 11.5. The van der Waals surface area contributed by atoms with Gasteiger partial charge in [0.2, 0.25) is 0 Å². The van der Waals surface area contributed by atoms with Crippen molar-refractivity contribution in [3.05, 3.63) is 34.9 Å². The summed E-state index contributed by atoms with van der Waals surface area (Å²) >= 11 is 5.94. The van der Waals surface area contributed by atoms with E-state index >= 15 is 0 Å². The van der Waals surface area contributed by atoms with Crippen LogP contribution in [-0.2, 0) is 4.74 Å². The van der Waals surface area contributed by atoms with Gasteiger partial charge in [-0.2, -0.15) is 0 Å². The molecule has 0 saturated carbocycles. The molecule has 1 aromatic rings. The predicted molar refractivity (Wildman–Crippen MR) is 68.3 cm³/mol. The minimum atomic E-state index is -0.879. The molecule has 0 spiro atoms. The number of amides is 1. The number of aliphatic hydroxyl groups is 1. The van der Waals surface area contributed by atoms with Gasteiger partial charge in [-0.05, 0) is 39.0 Å². The number of carbonyl (C=O) groups excluding carboxylic acids is 1. The molecule has 0 aliphatic heterocycles. The number of rotatable bonds is 4. The van der Waals surface area contributed by atoms with Gasteiger partial charge < -0.3 is 15.2 Å². The number of ether oxygens (including phenoxy) is 1. The SMILES string of the molecule is CC(C)NC(=O)OC(c1ccc#cc1Cl)C(C)O. The van der Waals surface area contributed by atoms with Gasteiger partial charge in [0.05, 0.1) is 11.1 Å². The number of halogens is 1. The van der Waals surface area contributed by atoms with E-state index in [1.54, 1.807) is 12.1 Å². The third-order valence-electron chi connectivity index (χ3n) is 2.17. The van der Waals surface area contributed by atoms with Crippen LogP contribution in [0.15, 0.2) is 12.1 Å². The molecule has 2 N–H and O–H groups in total. The molecule has 18 heavy (non-hydrogen) atoms. The van der Waals surface area contributed by atoms with Gasteiger partial charge in [0.25, 0.3) is 0 Å². The smallest absolute Gasteiger partial charge is 0.408 e.